The third kappa shape index (κ3) is 3.73. The summed E-state index contributed by atoms with van der Waals surface area (Å²) in [7, 11) is 1.79. The number of benzene rings is 1. The molecule has 5 heteroatoms. The number of amides is 2. The molecular weight excluding hydrogens is 256 g/mol. The predicted octanol–water partition coefficient (Wildman–Crippen LogP) is 3.04. The first-order valence-corrected chi connectivity index (χ1v) is 6.92. The maximum absolute atomic E-state index is 12.0. The van der Waals surface area contributed by atoms with Gasteiger partial charge in [0.15, 0.2) is 0 Å². The smallest absolute Gasteiger partial charge is 0.335 e. The third-order valence-electron chi connectivity index (χ3n) is 3.74. The van der Waals surface area contributed by atoms with Crippen molar-refractivity contribution in [3.63, 3.8) is 0 Å². The van der Waals surface area contributed by atoms with Crippen LogP contribution in [0.3, 0.4) is 0 Å². The van der Waals surface area contributed by atoms with Crippen LogP contribution >= 0.6 is 0 Å². The van der Waals surface area contributed by atoms with Gasteiger partial charge < -0.3 is 15.3 Å². The largest absolute Gasteiger partial charge is 0.478 e. The van der Waals surface area contributed by atoms with Crippen molar-refractivity contribution >= 4 is 17.7 Å². The lowest BCUT2D eigenvalue weighted by molar-refractivity contribution is 0.0697. The van der Waals surface area contributed by atoms with Gasteiger partial charge in [0, 0.05) is 19.3 Å². The van der Waals surface area contributed by atoms with Gasteiger partial charge >= 0.3 is 12.0 Å². The molecule has 1 aromatic rings. The van der Waals surface area contributed by atoms with Gasteiger partial charge in [-0.05, 0) is 43.0 Å². The number of hydrogen-bond acceptors (Lipinski definition) is 2. The predicted molar refractivity (Wildman–Crippen MR) is 77.0 cm³/mol. The highest BCUT2D eigenvalue weighted by molar-refractivity contribution is 5.91. The number of aromatic carboxylic acids is 1. The summed E-state index contributed by atoms with van der Waals surface area (Å²) < 4.78 is 0. The number of carbonyl (C=O) groups excluding carboxylic acids is 1. The van der Waals surface area contributed by atoms with E-state index in [-0.39, 0.29) is 11.6 Å². The van der Waals surface area contributed by atoms with Gasteiger partial charge in [-0.25, -0.2) is 9.59 Å². The van der Waals surface area contributed by atoms with E-state index in [2.05, 4.69) is 5.32 Å². The average Bonchev–Trinajstić information content (AvgIpc) is 2.92. The van der Waals surface area contributed by atoms with Gasteiger partial charge in [-0.2, -0.15) is 0 Å². The Morgan fingerprint density at radius 1 is 1.25 bits per heavy atom. The molecule has 0 aliphatic heterocycles. The number of nitrogens with zero attached hydrogens (tertiary/aromatic N) is 1. The van der Waals surface area contributed by atoms with E-state index < -0.39 is 5.97 Å². The minimum absolute atomic E-state index is 0.153. The van der Waals surface area contributed by atoms with Crippen LogP contribution in [0.1, 0.15) is 36.0 Å². The molecule has 5 nitrogen and oxygen atoms in total. The second-order valence-corrected chi connectivity index (χ2v) is 5.34. The van der Waals surface area contributed by atoms with Crippen molar-refractivity contribution in [2.24, 2.45) is 5.92 Å². The van der Waals surface area contributed by atoms with Gasteiger partial charge in [0.1, 0.15) is 0 Å². The molecule has 2 rings (SSSR count). The Hall–Kier alpha value is -2.04. The van der Waals surface area contributed by atoms with Crippen molar-refractivity contribution in [2.45, 2.75) is 25.7 Å². The monoisotopic (exact) mass is 276 g/mol. The normalized spacial score (nSPS) is 15.1. The molecule has 0 radical (unpaired) electrons. The Balaban J connectivity index is 1.87. The lowest BCUT2D eigenvalue weighted by Gasteiger charge is -2.21. The zero-order valence-corrected chi connectivity index (χ0v) is 11.6. The van der Waals surface area contributed by atoms with E-state index in [4.69, 9.17) is 5.11 Å². The van der Waals surface area contributed by atoms with E-state index in [0.29, 0.717) is 11.6 Å². The van der Waals surface area contributed by atoms with Crippen molar-refractivity contribution in [1.29, 1.82) is 0 Å². The maximum atomic E-state index is 12.0. The number of carboxylic acid groups (broad SMARTS) is 1. The zero-order chi connectivity index (χ0) is 14.5. The maximum Gasteiger partial charge on any atom is 0.335 e. The Labute approximate surface area is 118 Å². The standard InChI is InChI=1S/C15H20N2O3/c1-17(10-11-4-2-3-5-11)15(20)16-13-8-6-12(7-9-13)14(18)19/h6-9,11H,2-5,10H2,1H3,(H,16,20)(H,18,19). The fourth-order valence-corrected chi connectivity index (χ4v) is 2.58. The first-order valence-electron chi connectivity index (χ1n) is 6.92. The molecule has 1 aliphatic carbocycles. The lowest BCUT2D eigenvalue weighted by atomic mass is 10.1. The van der Waals surface area contributed by atoms with E-state index >= 15 is 0 Å². The summed E-state index contributed by atoms with van der Waals surface area (Å²) in [6, 6.07) is 6.01. The summed E-state index contributed by atoms with van der Waals surface area (Å²) in [5, 5.41) is 11.6. The van der Waals surface area contributed by atoms with Crippen LogP contribution < -0.4 is 5.32 Å². The number of carboxylic acids is 1. The Kier molecular flexibility index (Phi) is 4.61. The molecule has 0 bridgehead atoms. The van der Waals surface area contributed by atoms with E-state index in [0.717, 1.165) is 6.54 Å². The van der Waals surface area contributed by atoms with E-state index in [9.17, 15) is 9.59 Å². The zero-order valence-electron chi connectivity index (χ0n) is 11.6. The van der Waals surface area contributed by atoms with Crippen molar-refractivity contribution in [2.75, 3.05) is 18.9 Å². The van der Waals surface area contributed by atoms with Crippen LogP contribution in [0.2, 0.25) is 0 Å². The Morgan fingerprint density at radius 2 is 1.85 bits per heavy atom. The average molecular weight is 276 g/mol. The number of anilines is 1. The van der Waals surface area contributed by atoms with Crippen LogP contribution in [0.5, 0.6) is 0 Å². The summed E-state index contributed by atoms with van der Waals surface area (Å²) >= 11 is 0. The molecule has 1 aliphatic rings. The molecule has 0 aromatic heterocycles. The quantitative estimate of drug-likeness (QED) is 0.888. The first kappa shape index (κ1) is 14.4. The Bertz CT molecular complexity index is 478. The van der Waals surface area contributed by atoms with Crippen LogP contribution in [0.25, 0.3) is 0 Å². The van der Waals surface area contributed by atoms with E-state index in [1.807, 2.05) is 0 Å². The van der Waals surface area contributed by atoms with Gasteiger partial charge in [-0.15, -0.1) is 0 Å². The SMILES string of the molecule is CN(CC1CCCC1)C(=O)Nc1ccc(C(=O)O)cc1. The number of carbonyl (C=O) groups is 2. The van der Waals surface area contributed by atoms with Gasteiger partial charge in [0.2, 0.25) is 0 Å². The molecular formula is C15H20N2O3. The fraction of sp³-hybridized carbons (Fsp3) is 0.467. The van der Waals surface area contributed by atoms with Gasteiger partial charge in [0.25, 0.3) is 0 Å². The highest BCUT2D eigenvalue weighted by Crippen LogP contribution is 2.25. The molecule has 1 saturated carbocycles. The molecule has 0 unspecified atom stereocenters. The Morgan fingerprint density at radius 3 is 2.40 bits per heavy atom. The van der Waals surface area contributed by atoms with Crippen molar-refractivity contribution in [1.82, 2.24) is 4.90 Å². The summed E-state index contributed by atoms with van der Waals surface area (Å²) in [6.45, 7) is 0.777. The van der Waals surface area contributed by atoms with Crippen LogP contribution in [0, 0.1) is 5.92 Å². The molecule has 1 aromatic carbocycles. The minimum atomic E-state index is -0.971. The molecule has 0 saturated heterocycles. The number of nitrogens with one attached hydrogen (secondary N) is 1. The number of hydrogen-bond donors (Lipinski definition) is 2. The van der Waals surface area contributed by atoms with Crippen molar-refractivity contribution < 1.29 is 14.7 Å². The van der Waals surface area contributed by atoms with Gasteiger partial charge in [-0.3, -0.25) is 0 Å². The molecule has 0 heterocycles. The number of urea groups is 1. The molecule has 0 atom stereocenters. The van der Waals surface area contributed by atoms with Crippen molar-refractivity contribution in [3.05, 3.63) is 29.8 Å². The molecule has 20 heavy (non-hydrogen) atoms. The highest BCUT2D eigenvalue weighted by atomic mass is 16.4. The van der Waals surface area contributed by atoms with E-state index in [1.165, 1.54) is 37.8 Å². The summed E-state index contributed by atoms with van der Waals surface area (Å²) in [5.74, 6) is -0.360. The van der Waals surface area contributed by atoms with E-state index in [1.54, 1.807) is 24.1 Å². The molecule has 0 spiro atoms. The van der Waals surface area contributed by atoms with Crippen LogP contribution in [-0.2, 0) is 0 Å². The topological polar surface area (TPSA) is 69.6 Å². The first-order chi connectivity index (χ1) is 9.56. The molecule has 2 amide bonds. The van der Waals surface area contributed by atoms with Crippen molar-refractivity contribution in [3.8, 4) is 0 Å². The summed E-state index contributed by atoms with van der Waals surface area (Å²) in [4.78, 5) is 24.5. The molecule has 108 valence electrons. The number of rotatable bonds is 4. The van der Waals surface area contributed by atoms with Crippen LogP contribution in [-0.4, -0.2) is 35.6 Å². The molecule has 1 fully saturated rings. The lowest BCUT2D eigenvalue weighted by Crippen LogP contribution is -2.34. The molecule has 2 N–H and O–H groups in total. The third-order valence-corrected chi connectivity index (χ3v) is 3.74. The fourth-order valence-electron chi connectivity index (χ4n) is 2.58. The van der Waals surface area contributed by atoms with Crippen LogP contribution in [0.4, 0.5) is 10.5 Å². The highest BCUT2D eigenvalue weighted by Gasteiger charge is 2.19. The van der Waals surface area contributed by atoms with Gasteiger partial charge in [-0.1, -0.05) is 12.8 Å². The summed E-state index contributed by atoms with van der Waals surface area (Å²) in [5.41, 5.74) is 0.820. The second-order valence-electron chi connectivity index (χ2n) is 5.34. The minimum Gasteiger partial charge on any atom is -0.478 e. The van der Waals surface area contributed by atoms with Gasteiger partial charge in [0.05, 0.1) is 5.56 Å². The van der Waals surface area contributed by atoms with Crippen LogP contribution in [0.15, 0.2) is 24.3 Å². The second kappa shape index (κ2) is 6.41. The summed E-state index contributed by atoms with van der Waals surface area (Å²) in [6.07, 6.45) is 4.92.